The number of methoxy groups -OCH3 is 4. The van der Waals surface area contributed by atoms with E-state index in [0.29, 0.717) is 13.2 Å². The zero-order valence-corrected chi connectivity index (χ0v) is 23.8. The lowest BCUT2D eigenvalue weighted by Gasteiger charge is -2.62. The Morgan fingerprint density at radius 2 is 0.750 bits per heavy atom. The van der Waals surface area contributed by atoms with E-state index >= 15 is 0 Å². The van der Waals surface area contributed by atoms with Crippen molar-refractivity contribution in [3.63, 3.8) is 0 Å². The molecule has 2 saturated heterocycles. The molecule has 10 heteroatoms. The van der Waals surface area contributed by atoms with Crippen LogP contribution in [0.15, 0.2) is 0 Å². The van der Waals surface area contributed by atoms with E-state index < -0.39 is 59.8 Å². The van der Waals surface area contributed by atoms with Crippen LogP contribution in [0.3, 0.4) is 0 Å². The molecule has 0 spiro atoms. The molecule has 36 heavy (non-hydrogen) atoms. The van der Waals surface area contributed by atoms with Crippen LogP contribution in [0.2, 0.25) is 0 Å². The average Bonchev–Trinajstić information content (AvgIpc) is 2.87. The highest BCUT2D eigenvalue weighted by Gasteiger charge is 2.69. The molecule has 6 unspecified atom stereocenters. The molecular weight excluding hydrogens is 472 g/mol. The summed E-state index contributed by atoms with van der Waals surface area (Å²) >= 11 is 0. The Bertz CT molecular complexity index is 604. The van der Waals surface area contributed by atoms with Crippen LogP contribution in [-0.4, -0.2) is 101 Å². The molecule has 10 atom stereocenters. The molecule has 3 aliphatic rings. The van der Waals surface area contributed by atoms with Crippen LogP contribution in [0.4, 0.5) is 0 Å². The van der Waals surface area contributed by atoms with E-state index in [9.17, 15) is 0 Å². The van der Waals surface area contributed by atoms with Gasteiger partial charge in [-0.25, -0.2) is 0 Å². The van der Waals surface area contributed by atoms with Gasteiger partial charge in [-0.3, -0.25) is 0 Å². The first-order valence-electron chi connectivity index (χ1n) is 13.2. The van der Waals surface area contributed by atoms with Gasteiger partial charge in [-0.1, -0.05) is 26.7 Å². The Morgan fingerprint density at radius 3 is 0.944 bits per heavy atom. The van der Waals surface area contributed by atoms with Gasteiger partial charge in [-0.15, -0.1) is 0 Å². The molecule has 2 heterocycles. The molecule has 0 aromatic rings. The van der Waals surface area contributed by atoms with Gasteiger partial charge in [-0.2, -0.15) is 0 Å². The highest BCUT2D eigenvalue weighted by molar-refractivity contribution is 5.10. The second-order valence-corrected chi connectivity index (χ2v) is 10.3. The second-order valence-electron chi connectivity index (χ2n) is 10.3. The predicted octanol–water partition coefficient (Wildman–Crippen LogP) is 3.39. The van der Waals surface area contributed by atoms with E-state index in [2.05, 4.69) is 13.8 Å². The van der Waals surface area contributed by atoms with Crippen molar-refractivity contribution in [2.75, 3.05) is 41.7 Å². The van der Waals surface area contributed by atoms with Crippen molar-refractivity contribution in [2.45, 2.75) is 127 Å². The van der Waals surface area contributed by atoms with Crippen molar-refractivity contribution in [2.24, 2.45) is 0 Å². The number of hydrogen-bond donors (Lipinski definition) is 0. The first-order valence-corrected chi connectivity index (χ1v) is 13.2. The molecule has 10 nitrogen and oxygen atoms in total. The van der Waals surface area contributed by atoms with Crippen molar-refractivity contribution in [3.05, 3.63) is 0 Å². The Balaban J connectivity index is 2.08. The van der Waals surface area contributed by atoms with Crippen molar-refractivity contribution in [3.8, 4) is 0 Å². The first kappa shape index (κ1) is 30.1. The number of ether oxygens (including phenoxy) is 10. The fourth-order valence-corrected chi connectivity index (χ4v) is 5.17. The molecule has 1 saturated carbocycles. The Hall–Kier alpha value is -0.400. The maximum absolute atomic E-state index is 6.66. The quantitative estimate of drug-likeness (QED) is 0.357. The summed E-state index contributed by atoms with van der Waals surface area (Å²) in [7, 11) is 6.28. The van der Waals surface area contributed by atoms with Gasteiger partial charge in [0.1, 0.15) is 36.6 Å². The van der Waals surface area contributed by atoms with Gasteiger partial charge in [0.15, 0.2) is 0 Å². The number of hydrogen-bond acceptors (Lipinski definition) is 10. The summed E-state index contributed by atoms with van der Waals surface area (Å²) in [4.78, 5) is 0. The average molecular weight is 521 g/mol. The van der Waals surface area contributed by atoms with Crippen LogP contribution < -0.4 is 0 Å². The van der Waals surface area contributed by atoms with Crippen molar-refractivity contribution in [1.82, 2.24) is 0 Å². The summed E-state index contributed by atoms with van der Waals surface area (Å²) in [6.07, 6.45) is 0.311. The molecule has 0 aromatic carbocycles. The molecule has 0 radical (unpaired) electrons. The summed E-state index contributed by atoms with van der Waals surface area (Å²) in [5.41, 5.74) is 0. The minimum Gasteiger partial charge on any atom is -0.373 e. The van der Waals surface area contributed by atoms with E-state index in [0.717, 1.165) is 25.7 Å². The highest BCUT2D eigenvalue weighted by atomic mass is 16.8. The number of unbranched alkanes of at least 4 members (excludes halogenated alkanes) is 2. The lowest BCUT2D eigenvalue weighted by atomic mass is 9.80. The highest BCUT2D eigenvalue weighted by Crippen LogP contribution is 2.50. The number of rotatable bonds is 12. The van der Waals surface area contributed by atoms with Gasteiger partial charge in [0.25, 0.3) is 0 Å². The molecule has 3 rings (SSSR count). The Morgan fingerprint density at radius 1 is 0.500 bits per heavy atom. The van der Waals surface area contributed by atoms with Crippen LogP contribution in [0, 0.1) is 0 Å². The van der Waals surface area contributed by atoms with Gasteiger partial charge in [-0.05, 0) is 40.5 Å². The van der Waals surface area contributed by atoms with Gasteiger partial charge in [0.05, 0.1) is 0 Å². The Kier molecular flexibility index (Phi) is 9.86. The summed E-state index contributed by atoms with van der Waals surface area (Å²) < 4.78 is 62.8. The minimum atomic E-state index is -1.21. The van der Waals surface area contributed by atoms with Gasteiger partial charge >= 0.3 is 0 Å². The lowest BCUT2D eigenvalue weighted by Crippen LogP contribution is -2.79. The molecular formula is C26H48O10. The lowest BCUT2D eigenvalue weighted by molar-refractivity contribution is -0.506. The molecule has 2 aliphatic heterocycles. The summed E-state index contributed by atoms with van der Waals surface area (Å²) in [6, 6.07) is 0. The topological polar surface area (TPSA) is 92.3 Å². The zero-order chi connectivity index (χ0) is 26.8. The normalized spacial score (nSPS) is 46.8. The zero-order valence-electron chi connectivity index (χ0n) is 23.8. The summed E-state index contributed by atoms with van der Waals surface area (Å²) in [6.45, 7) is 12.5. The molecule has 1 aliphatic carbocycles. The van der Waals surface area contributed by atoms with Crippen LogP contribution >= 0.6 is 0 Å². The Labute approximate surface area is 216 Å². The van der Waals surface area contributed by atoms with Crippen molar-refractivity contribution < 1.29 is 47.4 Å². The van der Waals surface area contributed by atoms with E-state index in [1.165, 1.54) is 0 Å². The van der Waals surface area contributed by atoms with Crippen LogP contribution in [0.25, 0.3) is 0 Å². The minimum absolute atomic E-state index is 0.526. The third kappa shape index (κ3) is 5.11. The molecule has 0 N–H and O–H groups in total. The van der Waals surface area contributed by atoms with Crippen LogP contribution in [0.5, 0.6) is 0 Å². The maximum Gasteiger partial charge on any atom is 0.220 e. The van der Waals surface area contributed by atoms with Crippen molar-refractivity contribution >= 4 is 0 Å². The largest absolute Gasteiger partial charge is 0.373 e. The van der Waals surface area contributed by atoms with Crippen LogP contribution in [-0.2, 0) is 47.4 Å². The second kappa shape index (κ2) is 11.8. The van der Waals surface area contributed by atoms with E-state index in [1.807, 2.05) is 0 Å². The maximum atomic E-state index is 6.66. The van der Waals surface area contributed by atoms with E-state index in [-0.39, 0.29) is 0 Å². The van der Waals surface area contributed by atoms with Crippen molar-refractivity contribution in [1.29, 1.82) is 0 Å². The smallest absolute Gasteiger partial charge is 0.220 e. The van der Waals surface area contributed by atoms with Crippen LogP contribution in [0.1, 0.15) is 67.2 Å². The molecule has 0 aromatic heterocycles. The molecule has 0 amide bonds. The fraction of sp³-hybridized carbons (Fsp3) is 1.00. The number of fused-ring (bicyclic) bond motifs is 2. The fourth-order valence-electron chi connectivity index (χ4n) is 5.17. The third-order valence-electron chi connectivity index (χ3n) is 8.21. The van der Waals surface area contributed by atoms with Gasteiger partial charge < -0.3 is 47.4 Å². The predicted molar refractivity (Wildman–Crippen MR) is 130 cm³/mol. The molecule has 0 bridgehead atoms. The van der Waals surface area contributed by atoms with Gasteiger partial charge in [0, 0.05) is 41.7 Å². The van der Waals surface area contributed by atoms with E-state index in [1.54, 1.807) is 56.1 Å². The summed E-state index contributed by atoms with van der Waals surface area (Å²) in [5.74, 6) is -4.84. The third-order valence-corrected chi connectivity index (χ3v) is 8.21. The molecule has 3 fully saturated rings. The summed E-state index contributed by atoms with van der Waals surface area (Å²) in [5, 5.41) is 0. The molecule has 212 valence electrons. The first-order chi connectivity index (χ1) is 17.0. The standard InChI is InChI=1S/C26H48O10/c1-11-13-15-31-17-19-21(35-25(5,29-9)23(3,27-7)33-19)18(32-16-14-12-2)22-20(17)34-24(4,28-8)26(6,30-10)36-22/h17-22H,11-16H2,1-10H3/t17?,18?,19-,20+,21-,22+,23?,24?,25?,26?. The monoisotopic (exact) mass is 520 g/mol. The van der Waals surface area contributed by atoms with E-state index in [4.69, 9.17) is 47.4 Å². The van der Waals surface area contributed by atoms with Gasteiger partial charge in [0.2, 0.25) is 23.1 Å². The SMILES string of the molecule is CCCCOC1[C@H]2OC(C)(OC)C(C)(OC)O[C@@H]2C(OCCCC)[C@@H]2OC(C)(OC)C(C)(OC)O[C@@H]12.